The van der Waals surface area contributed by atoms with Crippen molar-refractivity contribution in [2.45, 2.75) is 46.5 Å². The van der Waals surface area contributed by atoms with E-state index in [2.05, 4.69) is 18.3 Å². The van der Waals surface area contributed by atoms with Gasteiger partial charge in [-0.25, -0.2) is 0 Å². The van der Waals surface area contributed by atoms with Gasteiger partial charge in [0.1, 0.15) is 11.1 Å². The predicted octanol–water partition coefficient (Wildman–Crippen LogP) is 3.33. The topological polar surface area (TPSA) is 78.9 Å². The Bertz CT molecular complexity index is 502. The van der Waals surface area contributed by atoms with E-state index in [4.69, 9.17) is 11.0 Å². The van der Waals surface area contributed by atoms with Gasteiger partial charge in [-0.3, -0.25) is 4.79 Å². The van der Waals surface area contributed by atoms with Crippen LogP contribution < -0.4 is 11.1 Å². The highest BCUT2D eigenvalue weighted by atomic mass is 32.1. The first-order valence-corrected chi connectivity index (χ1v) is 7.85. The van der Waals surface area contributed by atoms with E-state index >= 15 is 0 Å². The molecule has 0 aliphatic carbocycles. The summed E-state index contributed by atoms with van der Waals surface area (Å²) in [5.41, 5.74) is 7.11. The lowest BCUT2D eigenvalue weighted by atomic mass is 9.96. The fourth-order valence-corrected chi connectivity index (χ4v) is 3.19. The fraction of sp³-hybridized carbons (Fsp3) is 0.600. The number of rotatable bonds is 7. The summed E-state index contributed by atoms with van der Waals surface area (Å²) in [4.78, 5) is 13.1. The van der Waals surface area contributed by atoms with Crippen LogP contribution in [0.1, 0.15) is 48.6 Å². The van der Waals surface area contributed by atoms with Gasteiger partial charge in [-0.2, -0.15) is 5.26 Å². The third-order valence-electron chi connectivity index (χ3n) is 3.68. The summed E-state index contributed by atoms with van der Waals surface area (Å²) in [6.07, 6.45) is 3.35. The van der Waals surface area contributed by atoms with E-state index in [0.717, 1.165) is 29.7 Å². The molecule has 1 amide bonds. The second-order valence-electron chi connectivity index (χ2n) is 5.04. The first kappa shape index (κ1) is 16.7. The molecule has 0 bridgehead atoms. The zero-order valence-corrected chi connectivity index (χ0v) is 13.3. The third-order valence-corrected chi connectivity index (χ3v) is 4.80. The minimum atomic E-state index is -0.0155. The lowest BCUT2D eigenvalue weighted by molar-refractivity contribution is -0.116. The van der Waals surface area contributed by atoms with Gasteiger partial charge in [-0.15, -0.1) is 11.3 Å². The molecule has 3 N–H and O–H groups in total. The van der Waals surface area contributed by atoms with Crippen LogP contribution >= 0.6 is 11.3 Å². The Kier molecular flexibility index (Phi) is 6.69. The Balaban J connectivity index is 2.59. The number of thiophene rings is 1. The van der Waals surface area contributed by atoms with Crippen LogP contribution in [-0.4, -0.2) is 12.5 Å². The van der Waals surface area contributed by atoms with Crippen molar-refractivity contribution in [3.8, 4) is 6.07 Å². The Hall–Kier alpha value is -1.38. The molecule has 0 aromatic carbocycles. The molecule has 4 nitrogen and oxygen atoms in total. The molecule has 1 rings (SSSR count). The molecule has 0 saturated carbocycles. The van der Waals surface area contributed by atoms with Crippen molar-refractivity contribution in [2.24, 2.45) is 11.7 Å². The molecular weight excluding hydrogens is 270 g/mol. The third kappa shape index (κ3) is 4.32. The molecule has 1 atom stereocenters. The molecule has 5 heteroatoms. The Morgan fingerprint density at radius 1 is 1.45 bits per heavy atom. The normalized spacial score (nSPS) is 11.9. The average Bonchev–Trinajstić information content (AvgIpc) is 2.69. The van der Waals surface area contributed by atoms with Crippen LogP contribution in [0.15, 0.2) is 0 Å². The minimum absolute atomic E-state index is 0.0155. The van der Waals surface area contributed by atoms with Gasteiger partial charge in [0.15, 0.2) is 0 Å². The summed E-state index contributed by atoms with van der Waals surface area (Å²) in [6, 6.07) is 2.17. The minimum Gasteiger partial charge on any atom is -0.330 e. The van der Waals surface area contributed by atoms with Crippen LogP contribution in [0.5, 0.6) is 0 Å². The first-order valence-electron chi connectivity index (χ1n) is 7.03. The molecule has 0 aliphatic heterocycles. The number of aryl methyl sites for hydroxylation is 1. The van der Waals surface area contributed by atoms with Gasteiger partial charge in [0.25, 0.3) is 0 Å². The molecule has 0 aliphatic rings. The number of nitrogens with two attached hydrogens (primary N) is 1. The molecule has 20 heavy (non-hydrogen) atoms. The van der Waals surface area contributed by atoms with Crippen LogP contribution in [0.2, 0.25) is 0 Å². The average molecular weight is 293 g/mol. The molecule has 0 spiro atoms. The van der Waals surface area contributed by atoms with Crippen molar-refractivity contribution in [1.29, 1.82) is 5.26 Å². The number of nitrogens with one attached hydrogen (secondary N) is 1. The van der Waals surface area contributed by atoms with Crippen molar-refractivity contribution in [1.82, 2.24) is 0 Å². The molecule has 0 fully saturated rings. The smallest absolute Gasteiger partial charge is 0.225 e. The van der Waals surface area contributed by atoms with E-state index in [1.807, 2.05) is 13.8 Å². The van der Waals surface area contributed by atoms with Crippen LogP contribution in [-0.2, 0) is 4.79 Å². The van der Waals surface area contributed by atoms with Crippen molar-refractivity contribution in [2.75, 3.05) is 11.9 Å². The zero-order valence-electron chi connectivity index (χ0n) is 12.5. The summed E-state index contributed by atoms with van der Waals surface area (Å²) in [5.74, 6) is 0.492. The quantitative estimate of drug-likeness (QED) is 0.809. The SMILES string of the molecule is CCC(CCN)CCC(=O)Nc1sc(C)c(C)c1C#N. The number of anilines is 1. The van der Waals surface area contributed by atoms with Gasteiger partial charge in [0, 0.05) is 11.3 Å². The van der Waals surface area contributed by atoms with Gasteiger partial charge >= 0.3 is 0 Å². The maximum absolute atomic E-state index is 12.0. The molecular formula is C15H23N3OS. The predicted molar refractivity (Wildman–Crippen MR) is 83.8 cm³/mol. The number of nitrogens with zero attached hydrogens (tertiary/aromatic N) is 1. The molecule has 110 valence electrons. The highest BCUT2D eigenvalue weighted by molar-refractivity contribution is 7.16. The maximum Gasteiger partial charge on any atom is 0.225 e. The Morgan fingerprint density at radius 3 is 2.70 bits per heavy atom. The molecule has 0 saturated heterocycles. The van der Waals surface area contributed by atoms with E-state index in [1.54, 1.807) is 0 Å². The van der Waals surface area contributed by atoms with Crippen LogP contribution in [0.3, 0.4) is 0 Å². The van der Waals surface area contributed by atoms with Crippen molar-refractivity contribution >= 4 is 22.2 Å². The summed E-state index contributed by atoms with van der Waals surface area (Å²) >= 11 is 1.47. The summed E-state index contributed by atoms with van der Waals surface area (Å²) < 4.78 is 0. The highest BCUT2D eigenvalue weighted by Gasteiger charge is 2.15. The highest BCUT2D eigenvalue weighted by Crippen LogP contribution is 2.31. The number of hydrogen-bond donors (Lipinski definition) is 2. The van der Waals surface area contributed by atoms with Gasteiger partial charge < -0.3 is 11.1 Å². The zero-order chi connectivity index (χ0) is 15.1. The summed E-state index contributed by atoms with van der Waals surface area (Å²) in [7, 11) is 0. The van der Waals surface area contributed by atoms with Crippen LogP contribution in [0.25, 0.3) is 0 Å². The van der Waals surface area contributed by atoms with Gasteiger partial charge in [-0.05, 0) is 44.7 Å². The monoisotopic (exact) mass is 293 g/mol. The molecule has 1 aromatic heterocycles. The molecule has 0 radical (unpaired) electrons. The van der Waals surface area contributed by atoms with Gasteiger partial charge in [0.2, 0.25) is 5.91 Å². The molecule has 1 aromatic rings. The number of nitriles is 1. The van der Waals surface area contributed by atoms with Crippen molar-refractivity contribution in [3.05, 3.63) is 16.0 Å². The van der Waals surface area contributed by atoms with Crippen LogP contribution in [0.4, 0.5) is 5.00 Å². The van der Waals surface area contributed by atoms with Gasteiger partial charge in [-0.1, -0.05) is 13.3 Å². The van der Waals surface area contributed by atoms with E-state index in [1.165, 1.54) is 11.3 Å². The number of amides is 1. The van der Waals surface area contributed by atoms with Crippen LogP contribution in [0, 0.1) is 31.1 Å². The first-order chi connectivity index (χ1) is 9.53. The van der Waals surface area contributed by atoms with Crippen molar-refractivity contribution < 1.29 is 4.79 Å². The fourth-order valence-electron chi connectivity index (χ4n) is 2.16. The van der Waals surface area contributed by atoms with E-state index < -0.39 is 0 Å². The summed E-state index contributed by atoms with van der Waals surface area (Å²) in [5, 5.41) is 12.7. The number of hydrogen-bond acceptors (Lipinski definition) is 4. The van der Waals surface area contributed by atoms with Crippen molar-refractivity contribution in [3.63, 3.8) is 0 Å². The maximum atomic E-state index is 12.0. The van der Waals surface area contributed by atoms with E-state index in [-0.39, 0.29) is 5.91 Å². The lowest BCUT2D eigenvalue weighted by Gasteiger charge is -2.12. The lowest BCUT2D eigenvalue weighted by Crippen LogP contribution is -2.15. The number of carbonyl (C=O) groups excluding carboxylic acids is 1. The standard InChI is InChI=1S/C15H23N3OS/c1-4-12(7-8-16)5-6-14(19)18-15-13(9-17)10(2)11(3)20-15/h12H,4-8,16H2,1-3H3,(H,18,19). The Labute approximate surface area is 125 Å². The molecule has 1 unspecified atom stereocenters. The van der Waals surface area contributed by atoms with E-state index in [9.17, 15) is 4.79 Å². The largest absolute Gasteiger partial charge is 0.330 e. The Morgan fingerprint density at radius 2 is 2.15 bits per heavy atom. The van der Waals surface area contributed by atoms with Gasteiger partial charge in [0.05, 0.1) is 5.56 Å². The molecule has 1 heterocycles. The summed E-state index contributed by atoms with van der Waals surface area (Å²) in [6.45, 7) is 6.67. The van der Waals surface area contributed by atoms with E-state index in [0.29, 0.717) is 29.4 Å². The number of carbonyl (C=O) groups is 1. The second kappa shape index (κ2) is 8.03. The second-order valence-corrected chi connectivity index (χ2v) is 6.26.